The molecule has 0 aliphatic heterocycles. The van der Waals surface area contributed by atoms with Gasteiger partial charge in [0.1, 0.15) is 0 Å². The molecule has 0 saturated carbocycles. The molecule has 0 radical (unpaired) electrons. The summed E-state index contributed by atoms with van der Waals surface area (Å²) in [6, 6.07) is 24.9. The van der Waals surface area contributed by atoms with Crippen molar-refractivity contribution in [1.29, 1.82) is 0 Å². The summed E-state index contributed by atoms with van der Waals surface area (Å²) in [5.41, 5.74) is 26.1. The van der Waals surface area contributed by atoms with Crippen LogP contribution in [0.15, 0.2) is 72.8 Å². The van der Waals surface area contributed by atoms with Crippen LogP contribution in [0, 0.1) is 27.7 Å². The number of benzene rings is 4. The van der Waals surface area contributed by atoms with E-state index in [1.807, 2.05) is 24.3 Å². The van der Waals surface area contributed by atoms with Crippen LogP contribution < -0.4 is 21.3 Å². The fraction of sp³-hybridized carbons (Fsp3) is 0.250. The second-order valence-electron chi connectivity index (χ2n) is 9.81. The van der Waals surface area contributed by atoms with E-state index in [0.29, 0.717) is 0 Å². The van der Waals surface area contributed by atoms with Gasteiger partial charge in [-0.2, -0.15) is 0 Å². The zero-order valence-electron chi connectivity index (χ0n) is 23.0. The summed E-state index contributed by atoms with van der Waals surface area (Å²) in [4.78, 5) is 4.27. The highest BCUT2D eigenvalue weighted by Gasteiger charge is 2.15. The highest BCUT2D eigenvalue weighted by Crippen LogP contribution is 2.39. The Labute approximate surface area is 217 Å². The number of aryl methyl sites for hydroxylation is 4. The van der Waals surface area contributed by atoms with Crippen molar-refractivity contribution in [2.75, 3.05) is 49.5 Å². The number of hydrogen-bond donors (Lipinski definition) is 2. The number of anilines is 4. The third-order valence-corrected chi connectivity index (χ3v) is 6.58. The molecule has 0 spiro atoms. The SMILES string of the molecule is Cc1cccc(N)c1-c1c(C)cccc1N(C)C.Cc1cccc(N)c1-c1c(C)cccc1N(C)C. The Morgan fingerprint density at radius 1 is 0.417 bits per heavy atom. The van der Waals surface area contributed by atoms with Crippen molar-refractivity contribution in [3.8, 4) is 22.3 Å². The van der Waals surface area contributed by atoms with Gasteiger partial charge in [0.25, 0.3) is 0 Å². The molecule has 0 amide bonds. The quantitative estimate of drug-likeness (QED) is 0.302. The molecule has 0 aromatic heterocycles. The van der Waals surface area contributed by atoms with Crippen molar-refractivity contribution >= 4 is 22.7 Å². The van der Waals surface area contributed by atoms with Crippen LogP contribution in [0.25, 0.3) is 22.3 Å². The highest BCUT2D eigenvalue weighted by atomic mass is 15.1. The van der Waals surface area contributed by atoms with Crippen molar-refractivity contribution in [2.24, 2.45) is 0 Å². The fourth-order valence-electron chi connectivity index (χ4n) is 4.76. The van der Waals surface area contributed by atoms with E-state index in [2.05, 4.69) is 114 Å². The molecular formula is C32H40N4. The Balaban J connectivity index is 0.000000201. The third-order valence-electron chi connectivity index (χ3n) is 6.58. The Morgan fingerprint density at radius 2 is 0.694 bits per heavy atom. The molecule has 4 rings (SSSR count). The number of nitrogens with zero attached hydrogens (tertiary/aromatic N) is 2. The van der Waals surface area contributed by atoms with Gasteiger partial charge in [-0.05, 0) is 74.2 Å². The van der Waals surface area contributed by atoms with E-state index >= 15 is 0 Å². The lowest BCUT2D eigenvalue weighted by atomic mass is 9.93. The molecule has 4 aromatic carbocycles. The maximum atomic E-state index is 6.17. The summed E-state index contributed by atoms with van der Waals surface area (Å²) in [5, 5.41) is 0. The first kappa shape index (κ1) is 26.7. The number of hydrogen-bond acceptors (Lipinski definition) is 4. The lowest BCUT2D eigenvalue weighted by molar-refractivity contribution is 1.13. The Kier molecular flexibility index (Phi) is 8.31. The van der Waals surface area contributed by atoms with Gasteiger partial charge in [-0.3, -0.25) is 0 Å². The average molecular weight is 481 g/mol. The van der Waals surface area contributed by atoms with Gasteiger partial charge < -0.3 is 21.3 Å². The van der Waals surface area contributed by atoms with Gasteiger partial charge in [-0.1, -0.05) is 48.5 Å². The molecule has 0 aliphatic rings. The lowest BCUT2D eigenvalue weighted by Crippen LogP contribution is -2.11. The van der Waals surface area contributed by atoms with Crippen molar-refractivity contribution in [1.82, 2.24) is 0 Å². The zero-order chi connectivity index (χ0) is 26.6. The predicted molar refractivity (Wildman–Crippen MR) is 160 cm³/mol. The largest absolute Gasteiger partial charge is 0.398 e. The first-order valence-electron chi connectivity index (χ1n) is 12.3. The van der Waals surface area contributed by atoms with Crippen LogP contribution in [0.1, 0.15) is 22.3 Å². The maximum Gasteiger partial charge on any atom is 0.0444 e. The van der Waals surface area contributed by atoms with E-state index in [-0.39, 0.29) is 0 Å². The van der Waals surface area contributed by atoms with Gasteiger partial charge >= 0.3 is 0 Å². The van der Waals surface area contributed by atoms with Gasteiger partial charge in [-0.15, -0.1) is 0 Å². The molecule has 0 saturated heterocycles. The maximum absolute atomic E-state index is 6.17. The molecule has 0 atom stereocenters. The summed E-state index contributed by atoms with van der Waals surface area (Å²) in [6.07, 6.45) is 0. The molecular weight excluding hydrogens is 440 g/mol. The second-order valence-corrected chi connectivity index (χ2v) is 9.81. The van der Waals surface area contributed by atoms with Crippen molar-refractivity contribution in [3.63, 3.8) is 0 Å². The lowest BCUT2D eigenvalue weighted by Gasteiger charge is -2.21. The van der Waals surface area contributed by atoms with Crippen LogP contribution in [-0.2, 0) is 0 Å². The van der Waals surface area contributed by atoms with Gasteiger partial charge in [0.2, 0.25) is 0 Å². The number of nitrogens with two attached hydrogens (primary N) is 2. The van der Waals surface area contributed by atoms with Crippen LogP contribution in [-0.4, -0.2) is 28.2 Å². The van der Waals surface area contributed by atoms with Crippen LogP contribution in [0.5, 0.6) is 0 Å². The molecule has 0 fully saturated rings. The smallest absolute Gasteiger partial charge is 0.0444 e. The summed E-state index contributed by atoms with van der Waals surface area (Å²) >= 11 is 0. The van der Waals surface area contributed by atoms with Crippen molar-refractivity contribution in [3.05, 3.63) is 95.1 Å². The Bertz CT molecular complexity index is 1210. The standard InChI is InChI=1S/2C16H20N2/c2*1-11-7-5-9-13(17)15(11)16-12(2)8-6-10-14(16)18(3)4/h2*5-10H,17H2,1-4H3. The van der Waals surface area contributed by atoms with E-state index in [1.165, 1.54) is 44.8 Å². The van der Waals surface area contributed by atoms with Crippen LogP contribution in [0.4, 0.5) is 22.7 Å². The normalized spacial score (nSPS) is 10.4. The summed E-state index contributed by atoms with van der Waals surface area (Å²) in [7, 11) is 8.25. The predicted octanol–water partition coefficient (Wildman–Crippen LogP) is 7.24. The molecule has 4 N–H and O–H groups in total. The molecule has 4 nitrogen and oxygen atoms in total. The van der Waals surface area contributed by atoms with Crippen molar-refractivity contribution < 1.29 is 0 Å². The van der Waals surface area contributed by atoms with Crippen LogP contribution >= 0.6 is 0 Å². The third kappa shape index (κ3) is 5.49. The first-order valence-corrected chi connectivity index (χ1v) is 12.3. The minimum Gasteiger partial charge on any atom is -0.398 e. The number of rotatable bonds is 4. The molecule has 4 aromatic rings. The van der Waals surface area contributed by atoms with Gasteiger partial charge in [0, 0.05) is 73.2 Å². The summed E-state index contributed by atoms with van der Waals surface area (Å²) in [6.45, 7) is 8.48. The Morgan fingerprint density at radius 3 is 0.972 bits per heavy atom. The summed E-state index contributed by atoms with van der Waals surface area (Å²) < 4.78 is 0. The van der Waals surface area contributed by atoms with E-state index in [0.717, 1.165) is 22.5 Å². The molecule has 4 heteroatoms. The van der Waals surface area contributed by atoms with Gasteiger partial charge in [0.05, 0.1) is 0 Å². The molecule has 0 bridgehead atoms. The van der Waals surface area contributed by atoms with E-state index in [9.17, 15) is 0 Å². The molecule has 0 aliphatic carbocycles. The van der Waals surface area contributed by atoms with Gasteiger partial charge in [-0.25, -0.2) is 0 Å². The Hall–Kier alpha value is -3.92. The minimum absolute atomic E-state index is 0.840. The topological polar surface area (TPSA) is 58.5 Å². The van der Waals surface area contributed by atoms with Gasteiger partial charge in [0.15, 0.2) is 0 Å². The second kappa shape index (κ2) is 11.2. The van der Waals surface area contributed by atoms with Crippen LogP contribution in [0.3, 0.4) is 0 Å². The molecule has 188 valence electrons. The molecule has 0 unspecified atom stereocenters. The fourth-order valence-corrected chi connectivity index (χ4v) is 4.76. The van der Waals surface area contributed by atoms with Crippen LogP contribution in [0.2, 0.25) is 0 Å². The first-order chi connectivity index (χ1) is 17.0. The summed E-state index contributed by atoms with van der Waals surface area (Å²) in [5.74, 6) is 0. The molecule has 36 heavy (non-hydrogen) atoms. The number of nitrogen functional groups attached to an aromatic ring is 2. The van der Waals surface area contributed by atoms with E-state index < -0.39 is 0 Å². The minimum atomic E-state index is 0.840. The molecule has 0 heterocycles. The highest BCUT2D eigenvalue weighted by molar-refractivity contribution is 5.90. The zero-order valence-corrected chi connectivity index (χ0v) is 23.0. The van der Waals surface area contributed by atoms with E-state index in [1.54, 1.807) is 0 Å². The van der Waals surface area contributed by atoms with E-state index in [4.69, 9.17) is 11.5 Å². The monoisotopic (exact) mass is 480 g/mol. The average Bonchev–Trinajstić information content (AvgIpc) is 2.81. The van der Waals surface area contributed by atoms with Crippen molar-refractivity contribution in [2.45, 2.75) is 27.7 Å².